The van der Waals surface area contributed by atoms with E-state index in [1.165, 1.54) is 0 Å². The zero-order chi connectivity index (χ0) is 38.1. The summed E-state index contributed by atoms with van der Waals surface area (Å²) in [5.41, 5.74) is 7.72. The zero-order valence-corrected chi connectivity index (χ0v) is 32.6. The Hall–Kier alpha value is -4.22. The molecular weight excluding hydrogens is 727 g/mol. The molecular formula is C42H46Cl2N4O6. The van der Waals surface area contributed by atoms with Crippen LogP contribution in [0.4, 0.5) is 0 Å². The number of nitrogens with one attached hydrogen (secondary N) is 1. The fourth-order valence-electron chi connectivity index (χ4n) is 8.20. The minimum atomic E-state index is -0.787. The highest BCUT2D eigenvalue weighted by Crippen LogP contribution is 2.45. The van der Waals surface area contributed by atoms with Gasteiger partial charge < -0.3 is 24.6 Å². The third-order valence-corrected chi connectivity index (χ3v) is 11.9. The van der Waals surface area contributed by atoms with Crippen molar-refractivity contribution in [3.8, 4) is 40.0 Å². The van der Waals surface area contributed by atoms with Crippen molar-refractivity contribution in [3.05, 3.63) is 86.4 Å². The summed E-state index contributed by atoms with van der Waals surface area (Å²) in [4.78, 5) is 35.1. The number of likely N-dealkylation sites (tertiary alicyclic amines) is 1. The van der Waals surface area contributed by atoms with E-state index in [-0.39, 0.29) is 6.10 Å². The number of rotatable bonds is 13. The lowest BCUT2D eigenvalue weighted by Gasteiger charge is -2.22. The summed E-state index contributed by atoms with van der Waals surface area (Å²) in [7, 11) is 3.19. The van der Waals surface area contributed by atoms with E-state index >= 15 is 0 Å². The van der Waals surface area contributed by atoms with Crippen LogP contribution < -0.4 is 19.5 Å². The van der Waals surface area contributed by atoms with Gasteiger partial charge in [-0.25, -0.2) is 4.98 Å². The van der Waals surface area contributed by atoms with Crippen LogP contribution in [0.15, 0.2) is 48.5 Å². The van der Waals surface area contributed by atoms with Crippen molar-refractivity contribution < 1.29 is 28.9 Å². The Morgan fingerprint density at radius 1 is 1.00 bits per heavy atom. The molecule has 2 N–H and O–H groups in total. The molecule has 2 fully saturated rings. The van der Waals surface area contributed by atoms with Crippen LogP contribution >= 0.6 is 23.2 Å². The highest BCUT2D eigenvalue weighted by Gasteiger charge is 2.40. The van der Waals surface area contributed by atoms with Gasteiger partial charge in [-0.1, -0.05) is 59.6 Å². The third-order valence-electron chi connectivity index (χ3n) is 11.3. The molecule has 1 saturated heterocycles. The largest absolute Gasteiger partial charge is 0.481 e. The van der Waals surface area contributed by atoms with Crippen molar-refractivity contribution in [2.24, 2.45) is 11.3 Å². The first-order valence-electron chi connectivity index (χ1n) is 18.5. The second-order valence-corrected chi connectivity index (χ2v) is 15.8. The number of aliphatic carboxylic acids is 1. The Morgan fingerprint density at radius 3 is 2.48 bits per heavy atom. The molecule has 2 aromatic heterocycles. The summed E-state index contributed by atoms with van der Waals surface area (Å²) in [5, 5.41) is 14.1. The minimum Gasteiger partial charge on any atom is -0.481 e. The van der Waals surface area contributed by atoms with Gasteiger partial charge in [0.2, 0.25) is 17.6 Å². The number of ketones is 1. The lowest BCUT2D eigenvalue weighted by Crippen LogP contribution is -2.31. The quantitative estimate of drug-likeness (QED) is 0.137. The first kappa shape index (κ1) is 38.1. The van der Waals surface area contributed by atoms with Crippen molar-refractivity contribution in [1.29, 1.82) is 0 Å². The molecule has 12 heteroatoms. The molecule has 0 bridgehead atoms. The van der Waals surface area contributed by atoms with Gasteiger partial charge in [0.05, 0.1) is 30.4 Å². The van der Waals surface area contributed by atoms with Crippen LogP contribution in [0.1, 0.15) is 72.9 Å². The molecule has 0 amide bonds. The number of nitrogens with zero attached hydrogens (tertiary/aromatic N) is 3. The van der Waals surface area contributed by atoms with E-state index in [4.69, 9.17) is 42.4 Å². The molecule has 0 unspecified atom stereocenters. The first-order chi connectivity index (χ1) is 26.0. The van der Waals surface area contributed by atoms with Crippen LogP contribution in [0.5, 0.6) is 17.6 Å². The summed E-state index contributed by atoms with van der Waals surface area (Å²) in [6.07, 6.45) is 4.09. The number of carbonyl (C=O) groups is 2. The fraction of sp³-hybridized carbons (Fsp3) is 0.429. The van der Waals surface area contributed by atoms with E-state index in [1.807, 2.05) is 30.3 Å². The van der Waals surface area contributed by atoms with Gasteiger partial charge in [-0.3, -0.25) is 14.5 Å². The summed E-state index contributed by atoms with van der Waals surface area (Å²) in [6.45, 7) is 6.80. The van der Waals surface area contributed by atoms with E-state index in [0.717, 1.165) is 76.0 Å². The summed E-state index contributed by atoms with van der Waals surface area (Å²) in [6, 6.07) is 16.1. The number of fused-ring (bicyclic) bond motifs is 1. The number of methoxy groups -OCH3 is 2. The summed E-state index contributed by atoms with van der Waals surface area (Å²) in [5.74, 6) is 1.19. The molecule has 3 heterocycles. The number of aromatic nitrogens is 2. The number of Topliss-reactive ketones (excluding diaryl/α,β-unsaturated/α-hetero) is 1. The fourth-order valence-corrected chi connectivity index (χ4v) is 8.74. The first-order valence-corrected chi connectivity index (χ1v) is 19.3. The van der Waals surface area contributed by atoms with E-state index in [2.05, 4.69) is 40.3 Å². The van der Waals surface area contributed by atoms with Gasteiger partial charge in [0.25, 0.3) is 0 Å². The van der Waals surface area contributed by atoms with Crippen molar-refractivity contribution >= 4 is 35.0 Å². The van der Waals surface area contributed by atoms with Crippen molar-refractivity contribution in [3.63, 3.8) is 0 Å². The molecule has 1 saturated carbocycles. The molecule has 284 valence electrons. The van der Waals surface area contributed by atoms with Gasteiger partial charge >= 0.3 is 5.97 Å². The van der Waals surface area contributed by atoms with Crippen LogP contribution in [-0.4, -0.2) is 65.6 Å². The maximum Gasteiger partial charge on any atom is 0.310 e. The topological polar surface area (TPSA) is 123 Å². The lowest BCUT2D eigenvalue weighted by molar-refractivity contribution is -0.147. The van der Waals surface area contributed by atoms with E-state index in [1.54, 1.807) is 21.1 Å². The molecule has 1 aliphatic heterocycles. The van der Waals surface area contributed by atoms with Gasteiger partial charge in [-0.2, -0.15) is 4.98 Å². The predicted molar refractivity (Wildman–Crippen MR) is 209 cm³/mol. The molecule has 0 radical (unpaired) electrons. The second kappa shape index (κ2) is 15.9. The van der Waals surface area contributed by atoms with Crippen molar-refractivity contribution in [2.45, 2.75) is 71.6 Å². The van der Waals surface area contributed by atoms with Gasteiger partial charge in [0.1, 0.15) is 16.9 Å². The van der Waals surface area contributed by atoms with Gasteiger partial charge in [-0.05, 0) is 92.9 Å². The number of carboxylic acids is 1. The summed E-state index contributed by atoms with van der Waals surface area (Å²) >= 11 is 14.0. The maximum absolute atomic E-state index is 11.8. The second-order valence-electron chi connectivity index (χ2n) is 15.0. The van der Waals surface area contributed by atoms with Gasteiger partial charge in [-0.15, -0.1) is 0 Å². The molecule has 0 spiro atoms. The minimum absolute atomic E-state index is 0.277. The predicted octanol–water partition coefficient (Wildman–Crippen LogP) is 8.26. The van der Waals surface area contributed by atoms with Crippen LogP contribution in [0, 0.1) is 18.3 Å². The van der Waals surface area contributed by atoms with Gasteiger partial charge in [0.15, 0.2) is 0 Å². The average Bonchev–Trinajstić information content (AvgIpc) is 3.88. The Labute approximate surface area is 326 Å². The normalized spacial score (nSPS) is 21.0. The molecule has 7 rings (SSSR count). The van der Waals surface area contributed by atoms with Crippen molar-refractivity contribution in [2.75, 3.05) is 33.9 Å². The number of hydrogen-bond acceptors (Lipinski definition) is 9. The van der Waals surface area contributed by atoms with E-state index < -0.39 is 11.4 Å². The number of pyridine rings is 2. The Kier molecular flexibility index (Phi) is 11.2. The van der Waals surface area contributed by atoms with Crippen LogP contribution in [0.25, 0.3) is 22.4 Å². The SMILES string of the molecule is COc1nc(O[C@H]2CCc3c(-c4cccc(-c5cc(C)c(CNC[C@@H]6CCC(=O)C6)c(OC)n5)c4Cl)cccc32)c(Cl)cc1CN1CC[C@](C)(C(=O)O)C1. The number of carboxylic acid groups (broad SMARTS) is 1. The number of benzene rings is 2. The molecule has 4 aromatic rings. The third kappa shape index (κ3) is 7.67. The molecule has 3 aliphatic rings. The molecule has 54 heavy (non-hydrogen) atoms. The zero-order valence-electron chi connectivity index (χ0n) is 31.1. The van der Waals surface area contributed by atoms with Crippen LogP contribution in [0.3, 0.4) is 0 Å². The van der Waals surface area contributed by atoms with Crippen LogP contribution in [0.2, 0.25) is 10.0 Å². The lowest BCUT2D eigenvalue weighted by atomic mass is 9.90. The Balaban J connectivity index is 1.10. The van der Waals surface area contributed by atoms with Gasteiger partial charge in [0, 0.05) is 54.7 Å². The maximum atomic E-state index is 11.8. The molecule has 3 atom stereocenters. The average molecular weight is 774 g/mol. The number of carbonyl (C=O) groups excluding carboxylic acids is 1. The number of hydrogen-bond donors (Lipinski definition) is 2. The molecule has 2 aromatic carbocycles. The summed E-state index contributed by atoms with van der Waals surface area (Å²) < 4.78 is 17.9. The molecule has 2 aliphatic carbocycles. The number of halogens is 2. The highest BCUT2D eigenvalue weighted by atomic mass is 35.5. The number of aryl methyl sites for hydroxylation is 1. The van der Waals surface area contributed by atoms with Crippen LogP contribution in [-0.2, 0) is 29.1 Å². The molecule has 10 nitrogen and oxygen atoms in total. The van der Waals surface area contributed by atoms with E-state index in [9.17, 15) is 14.7 Å². The van der Waals surface area contributed by atoms with Crippen molar-refractivity contribution in [1.82, 2.24) is 20.2 Å². The highest BCUT2D eigenvalue weighted by molar-refractivity contribution is 6.36. The Morgan fingerprint density at radius 2 is 1.76 bits per heavy atom. The smallest absolute Gasteiger partial charge is 0.310 e. The Bertz CT molecular complexity index is 2090. The standard InChI is InChI=1S/C42H46Cl2N4O6/c1-24-17-35(46-39(53-4)33(24)21-45-20-25-11-12-27(49)18-25)32-10-6-9-31(37(32)44)28-7-5-8-30-29(28)13-14-36(30)54-40-34(43)19-26(38(47-40)52-3)22-48-16-15-42(2,23-48)41(50)51/h5-10,17,19,25,36,45H,11-16,18,20-23H2,1-4H3,(H,50,51)/t25-,36+,42+/m1/s1. The monoisotopic (exact) mass is 772 g/mol. The van der Waals surface area contributed by atoms with E-state index in [0.29, 0.717) is 84.8 Å². The number of ether oxygens (including phenoxy) is 3.